The number of allylic oxidation sites excluding steroid dienone is 1. The number of aliphatic hydroxyl groups is 3. The number of primary amides is 1. The number of ketones is 2. The first kappa shape index (κ1) is 24.4. The van der Waals surface area contributed by atoms with E-state index in [0.717, 1.165) is 0 Å². The van der Waals surface area contributed by atoms with Gasteiger partial charge in [0.15, 0.2) is 11.4 Å². The molecule has 186 valence electrons. The number of aromatic hydroxyl groups is 1. The van der Waals surface area contributed by atoms with Gasteiger partial charge in [-0.05, 0) is 57.5 Å². The SMILES string of the molecule is CO/N=C(/C)c1ccc(O)c2c1CC1CC3C(N(C)C)C(O)=C(C(N)=O)C(=O)C3(O)C(O)=C1C2=O. The van der Waals surface area contributed by atoms with Gasteiger partial charge >= 0.3 is 0 Å². The number of benzene rings is 1. The maximum atomic E-state index is 13.6. The Morgan fingerprint density at radius 2 is 1.89 bits per heavy atom. The number of rotatable bonds is 4. The predicted molar refractivity (Wildman–Crippen MR) is 123 cm³/mol. The van der Waals surface area contributed by atoms with E-state index in [9.17, 15) is 34.8 Å². The highest BCUT2D eigenvalue weighted by molar-refractivity contribution is 6.25. The summed E-state index contributed by atoms with van der Waals surface area (Å²) in [4.78, 5) is 45.2. The fourth-order valence-corrected chi connectivity index (χ4v) is 5.78. The molecule has 4 rings (SSSR count). The molecule has 11 heteroatoms. The van der Waals surface area contributed by atoms with Crippen molar-refractivity contribution in [3.8, 4) is 5.75 Å². The lowest BCUT2D eigenvalue weighted by Crippen LogP contribution is -2.63. The molecule has 35 heavy (non-hydrogen) atoms. The molecule has 0 aromatic heterocycles. The second-order valence-electron chi connectivity index (χ2n) is 9.31. The number of phenolic OH excluding ortho intramolecular Hbond substituents is 1. The Kier molecular flexibility index (Phi) is 5.73. The molecule has 1 amide bonds. The molecular weight excluding hydrogens is 458 g/mol. The van der Waals surface area contributed by atoms with Crippen molar-refractivity contribution in [2.75, 3.05) is 21.2 Å². The molecule has 0 spiro atoms. The minimum absolute atomic E-state index is 0.0152. The molecule has 0 fully saturated rings. The number of likely N-dealkylation sites (N-methyl/N-ethyl adjacent to an activating group) is 1. The van der Waals surface area contributed by atoms with Crippen LogP contribution in [0.25, 0.3) is 0 Å². The molecular formula is C24H27N3O8. The van der Waals surface area contributed by atoms with E-state index in [4.69, 9.17) is 10.6 Å². The summed E-state index contributed by atoms with van der Waals surface area (Å²) in [6.45, 7) is 1.68. The normalized spacial score (nSPS) is 28.6. The number of hydrogen-bond donors (Lipinski definition) is 5. The van der Waals surface area contributed by atoms with E-state index in [1.807, 2.05) is 0 Å². The first-order chi connectivity index (χ1) is 16.4. The van der Waals surface area contributed by atoms with Crippen molar-refractivity contribution in [3.05, 3.63) is 51.5 Å². The van der Waals surface area contributed by atoms with Gasteiger partial charge in [0, 0.05) is 17.1 Å². The zero-order valence-corrected chi connectivity index (χ0v) is 19.7. The van der Waals surface area contributed by atoms with Crippen LogP contribution in [0.5, 0.6) is 5.75 Å². The van der Waals surface area contributed by atoms with Gasteiger partial charge in [-0.3, -0.25) is 19.3 Å². The largest absolute Gasteiger partial charge is 0.510 e. The van der Waals surface area contributed by atoms with Gasteiger partial charge in [0.1, 0.15) is 30.0 Å². The number of amides is 1. The zero-order valence-electron chi connectivity index (χ0n) is 19.7. The van der Waals surface area contributed by atoms with E-state index in [0.29, 0.717) is 16.8 Å². The van der Waals surface area contributed by atoms with Crippen LogP contribution < -0.4 is 5.73 Å². The summed E-state index contributed by atoms with van der Waals surface area (Å²) in [6, 6.07) is 1.88. The van der Waals surface area contributed by atoms with Crippen molar-refractivity contribution in [1.82, 2.24) is 4.90 Å². The maximum Gasteiger partial charge on any atom is 0.255 e. The number of hydrogen-bond acceptors (Lipinski definition) is 10. The first-order valence-electron chi connectivity index (χ1n) is 11.0. The smallest absolute Gasteiger partial charge is 0.255 e. The number of fused-ring (bicyclic) bond motifs is 3. The standard InChI is InChI=1S/C24H27N3O8/c1-9(26-35-4)11-5-6-14(28)16-12(11)7-10-8-13-18(27(2)3)20(30)17(23(25)33)22(32)24(13,34)21(31)15(10)19(16)29/h5-6,10,13,18,28,30-31,34H,7-8H2,1-4H3,(H2,25,33)/b26-9-. The van der Waals surface area contributed by atoms with E-state index < -0.39 is 58.0 Å². The van der Waals surface area contributed by atoms with Gasteiger partial charge in [-0.25, -0.2) is 0 Å². The van der Waals surface area contributed by atoms with E-state index in [1.165, 1.54) is 18.1 Å². The van der Waals surface area contributed by atoms with Gasteiger partial charge in [-0.1, -0.05) is 5.16 Å². The molecule has 3 aliphatic carbocycles. The van der Waals surface area contributed by atoms with Gasteiger partial charge in [0.2, 0.25) is 5.78 Å². The predicted octanol–water partition coefficient (Wildman–Crippen LogP) is 0.491. The number of phenols is 1. The Bertz CT molecular complexity index is 1260. The highest BCUT2D eigenvalue weighted by atomic mass is 16.6. The lowest BCUT2D eigenvalue weighted by atomic mass is 9.58. The fraction of sp³-hybridized carbons (Fsp3) is 0.417. The summed E-state index contributed by atoms with van der Waals surface area (Å²) in [7, 11) is 4.53. The average Bonchev–Trinajstić information content (AvgIpc) is 2.76. The third-order valence-electron chi connectivity index (χ3n) is 7.22. The van der Waals surface area contributed by atoms with Crippen LogP contribution in [-0.4, -0.2) is 81.4 Å². The second-order valence-corrected chi connectivity index (χ2v) is 9.31. The van der Waals surface area contributed by atoms with E-state index in [2.05, 4.69) is 5.16 Å². The van der Waals surface area contributed by atoms with Crippen molar-refractivity contribution in [1.29, 1.82) is 0 Å². The Morgan fingerprint density at radius 3 is 2.46 bits per heavy atom. The summed E-state index contributed by atoms with van der Waals surface area (Å²) in [6.07, 6.45) is 0.191. The summed E-state index contributed by atoms with van der Waals surface area (Å²) in [5.41, 5.74) is 3.05. The molecule has 0 aliphatic heterocycles. The molecule has 0 saturated carbocycles. The summed E-state index contributed by atoms with van der Waals surface area (Å²) >= 11 is 0. The quantitative estimate of drug-likeness (QED) is 0.230. The van der Waals surface area contributed by atoms with Gasteiger partial charge in [0.05, 0.1) is 17.3 Å². The van der Waals surface area contributed by atoms with Crippen molar-refractivity contribution in [2.45, 2.75) is 31.4 Å². The van der Waals surface area contributed by atoms with Crippen molar-refractivity contribution >= 4 is 23.2 Å². The highest BCUT2D eigenvalue weighted by Crippen LogP contribution is 2.52. The molecule has 1 aromatic carbocycles. The van der Waals surface area contributed by atoms with Crippen LogP contribution in [0.1, 0.15) is 34.8 Å². The van der Waals surface area contributed by atoms with Crippen LogP contribution in [0.3, 0.4) is 0 Å². The van der Waals surface area contributed by atoms with E-state index in [-0.39, 0.29) is 29.7 Å². The number of carbonyl (C=O) groups excluding carboxylic acids is 3. The lowest BCUT2D eigenvalue weighted by Gasteiger charge is -2.50. The number of carbonyl (C=O) groups is 3. The van der Waals surface area contributed by atoms with Crippen molar-refractivity contribution in [3.63, 3.8) is 0 Å². The fourth-order valence-electron chi connectivity index (χ4n) is 5.78. The van der Waals surface area contributed by atoms with Crippen LogP contribution in [0, 0.1) is 11.8 Å². The minimum atomic E-state index is -2.66. The maximum absolute atomic E-state index is 13.6. The third-order valence-corrected chi connectivity index (χ3v) is 7.22. The molecule has 0 radical (unpaired) electrons. The van der Waals surface area contributed by atoms with Crippen LogP contribution in [0.4, 0.5) is 0 Å². The number of nitrogens with two attached hydrogens (primary N) is 1. The van der Waals surface area contributed by atoms with Crippen LogP contribution in [0.2, 0.25) is 0 Å². The van der Waals surface area contributed by atoms with Crippen LogP contribution in [-0.2, 0) is 20.8 Å². The van der Waals surface area contributed by atoms with E-state index >= 15 is 0 Å². The van der Waals surface area contributed by atoms with Crippen molar-refractivity contribution in [2.24, 2.45) is 22.7 Å². The van der Waals surface area contributed by atoms with Gasteiger partial charge in [-0.2, -0.15) is 0 Å². The topological polar surface area (TPSA) is 183 Å². The Balaban J connectivity index is 1.97. The summed E-state index contributed by atoms with van der Waals surface area (Å²) < 4.78 is 0. The Labute approximate surface area is 200 Å². The molecule has 0 heterocycles. The Hall–Kier alpha value is -3.70. The Morgan fingerprint density at radius 1 is 1.23 bits per heavy atom. The molecule has 3 aliphatic rings. The number of aliphatic hydroxyl groups excluding tert-OH is 2. The minimum Gasteiger partial charge on any atom is -0.510 e. The monoisotopic (exact) mass is 485 g/mol. The molecule has 0 saturated heterocycles. The zero-order chi connectivity index (χ0) is 26.0. The van der Waals surface area contributed by atoms with Gasteiger partial charge in [-0.15, -0.1) is 0 Å². The van der Waals surface area contributed by atoms with E-state index in [1.54, 1.807) is 27.1 Å². The molecule has 4 atom stereocenters. The second kappa shape index (κ2) is 8.21. The third kappa shape index (κ3) is 3.26. The van der Waals surface area contributed by atoms with Crippen molar-refractivity contribution < 1.29 is 39.6 Å². The van der Waals surface area contributed by atoms with Crippen LogP contribution in [0.15, 0.2) is 40.0 Å². The van der Waals surface area contributed by atoms with Gasteiger partial charge < -0.3 is 31.0 Å². The molecule has 0 bridgehead atoms. The number of Topliss-reactive ketones (excluding diaryl/α,β-unsaturated/α-hetero) is 2. The molecule has 4 unspecified atom stereocenters. The first-order valence-corrected chi connectivity index (χ1v) is 11.0. The highest BCUT2D eigenvalue weighted by Gasteiger charge is 2.63. The molecule has 6 N–H and O–H groups in total. The molecule has 11 nitrogen and oxygen atoms in total. The number of oxime groups is 1. The van der Waals surface area contributed by atoms with Gasteiger partial charge in [0.25, 0.3) is 5.91 Å². The summed E-state index contributed by atoms with van der Waals surface area (Å²) in [5, 5.41) is 48.1. The average molecular weight is 485 g/mol. The lowest BCUT2D eigenvalue weighted by molar-refractivity contribution is -0.148. The molecule has 1 aromatic rings. The van der Waals surface area contributed by atoms with Crippen LogP contribution >= 0.6 is 0 Å². The number of nitrogens with zero attached hydrogens (tertiary/aromatic N) is 2. The summed E-state index contributed by atoms with van der Waals surface area (Å²) in [5.74, 6) is -6.86.